The first-order valence-corrected chi connectivity index (χ1v) is 8.72. The first-order chi connectivity index (χ1) is 12.1. The highest BCUT2D eigenvalue weighted by atomic mass is 16.7. The summed E-state index contributed by atoms with van der Waals surface area (Å²) in [6.45, 7) is 3.31. The maximum absolute atomic E-state index is 12.1. The van der Waals surface area contributed by atoms with Crippen LogP contribution in [0.5, 0.6) is 11.5 Å². The molecular formula is C18H26N2O5. The van der Waals surface area contributed by atoms with E-state index in [-0.39, 0.29) is 19.3 Å². The quantitative estimate of drug-likeness (QED) is 0.749. The monoisotopic (exact) mass is 350 g/mol. The second-order valence-electron chi connectivity index (χ2n) is 6.64. The van der Waals surface area contributed by atoms with Gasteiger partial charge in [0.05, 0.1) is 25.9 Å². The second-order valence-corrected chi connectivity index (χ2v) is 6.64. The standard InChI is InChI=1S/C18H26N2O5/c1-19(10-18(22)20-6-2-3-7-20)9-15(21)12-23-11-14-4-5-16-17(8-14)25-13-24-16/h4-5,8,15,21H,2-3,6-7,9-13H2,1H3/t15-/m1/s1. The van der Waals surface area contributed by atoms with Crippen LogP contribution in [0.25, 0.3) is 0 Å². The van der Waals surface area contributed by atoms with Crippen molar-refractivity contribution in [2.45, 2.75) is 25.6 Å². The molecule has 1 saturated heterocycles. The molecule has 25 heavy (non-hydrogen) atoms. The number of amides is 1. The summed E-state index contributed by atoms with van der Waals surface area (Å²) in [5.74, 6) is 1.60. The van der Waals surface area contributed by atoms with E-state index in [1.54, 1.807) is 0 Å². The van der Waals surface area contributed by atoms with Crippen LogP contribution in [0.15, 0.2) is 18.2 Å². The van der Waals surface area contributed by atoms with Gasteiger partial charge in [-0.3, -0.25) is 9.69 Å². The van der Waals surface area contributed by atoms with Gasteiger partial charge in [-0.25, -0.2) is 0 Å². The van der Waals surface area contributed by atoms with E-state index in [4.69, 9.17) is 14.2 Å². The highest BCUT2D eigenvalue weighted by Gasteiger charge is 2.20. The van der Waals surface area contributed by atoms with Crippen LogP contribution in [0.3, 0.4) is 0 Å². The van der Waals surface area contributed by atoms with Crippen molar-refractivity contribution < 1.29 is 24.1 Å². The minimum Gasteiger partial charge on any atom is -0.454 e. The van der Waals surface area contributed by atoms with Crippen LogP contribution in [-0.2, 0) is 16.1 Å². The number of aliphatic hydroxyl groups is 1. The highest BCUT2D eigenvalue weighted by molar-refractivity contribution is 5.78. The lowest BCUT2D eigenvalue weighted by Gasteiger charge is -2.23. The summed E-state index contributed by atoms with van der Waals surface area (Å²) >= 11 is 0. The number of carbonyl (C=O) groups is 1. The van der Waals surface area contributed by atoms with Crippen LogP contribution >= 0.6 is 0 Å². The van der Waals surface area contributed by atoms with Crippen molar-refractivity contribution in [1.29, 1.82) is 0 Å². The summed E-state index contributed by atoms with van der Waals surface area (Å²) < 4.78 is 16.2. The largest absolute Gasteiger partial charge is 0.454 e. The van der Waals surface area contributed by atoms with Crippen molar-refractivity contribution in [3.8, 4) is 11.5 Å². The Kier molecular flexibility index (Phi) is 6.12. The summed E-state index contributed by atoms with van der Waals surface area (Å²) in [6, 6.07) is 5.66. The molecule has 7 nitrogen and oxygen atoms in total. The fraction of sp³-hybridized carbons (Fsp3) is 0.611. The SMILES string of the molecule is CN(CC(=O)N1CCCC1)C[C@@H](O)COCc1ccc2c(c1)OCO2. The molecule has 7 heteroatoms. The molecule has 2 aliphatic heterocycles. The number of likely N-dealkylation sites (tertiary alicyclic amines) is 1. The molecule has 1 fully saturated rings. The zero-order chi connectivity index (χ0) is 17.6. The minimum atomic E-state index is -0.634. The van der Waals surface area contributed by atoms with E-state index in [0.717, 1.165) is 43.0 Å². The van der Waals surface area contributed by atoms with Gasteiger partial charge in [0.2, 0.25) is 12.7 Å². The number of benzene rings is 1. The third kappa shape index (κ3) is 5.07. The molecule has 0 radical (unpaired) electrons. The predicted octanol–water partition coefficient (Wildman–Crippen LogP) is 0.847. The molecule has 1 atom stereocenters. The highest BCUT2D eigenvalue weighted by Crippen LogP contribution is 2.32. The molecule has 2 aliphatic rings. The molecule has 0 spiro atoms. The number of likely N-dealkylation sites (N-methyl/N-ethyl adjacent to an activating group) is 1. The Morgan fingerprint density at radius 2 is 2.08 bits per heavy atom. The van der Waals surface area contributed by atoms with Crippen molar-refractivity contribution in [1.82, 2.24) is 9.80 Å². The molecule has 0 aliphatic carbocycles. The molecule has 138 valence electrons. The number of aliphatic hydroxyl groups excluding tert-OH is 1. The Morgan fingerprint density at radius 3 is 2.88 bits per heavy atom. The van der Waals surface area contributed by atoms with Crippen molar-refractivity contribution in [3.05, 3.63) is 23.8 Å². The summed E-state index contributed by atoms with van der Waals surface area (Å²) in [7, 11) is 1.84. The van der Waals surface area contributed by atoms with E-state index >= 15 is 0 Å². The molecular weight excluding hydrogens is 324 g/mol. The lowest BCUT2D eigenvalue weighted by molar-refractivity contribution is -0.131. The summed E-state index contributed by atoms with van der Waals surface area (Å²) in [5.41, 5.74) is 0.967. The number of fused-ring (bicyclic) bond motifs is 1. The van der Waals surface area contributed by atoms with Crippen LogP contribution < -0.4 is 9.47 Å². The normalized spacial score (nSPS) is 17.3. The Hall–Kier alpha value is -1.83. The number of hydrogen-bond acceptors (Lipinski definition) is 6. The zero-order valence-electron chi connectivity index (χ0n) is 14.6. The third-order valence-corrected chi connectivity index (χ3v) is 4.40. The van der Waals surface area contributed by atoms with Crippen molar-refractivity contribution in [3.63, 3.8) is 0 Å². The van der Waals surface area contributed by atoms with Gasteiger partial charge in [-0.05, 0) is 37.6 Å². The minimum absolute atomic E-state index is 0.133. The van der Waals surface area contributed by atoms with Crippen molar-refractivity contribution in [2.75, 3.05) is 46.6 Å². The van der Waals surface area contributed by atoms with E-state index in [1.807, 2.05) is 35.0 Å². The molecule has 0 saturated carbocycles. The van der Waals surface area contributed by atoms with Crippen LogP contribution in [0.2, 0.25) is 0 Å². The van der Waals surface area contributed by atoms with Crippen LogP contribution in [0.1, 0.15) is 18.4 Å². The Balaban J connectivity index is 1.34. The van der Waals surface area contributed by atoms with Gasteiger partial charge in [-0.1, -0.05) is 6.07 Å². The molecule has 1 amide bonds. The summed E-state index contributed by atoms with van der Waals surface area (Å²) in [4.78, 5) is 15.8. The molecule has 0 aromatic heterocycles. The third-order valence-electron chi connectivity index (χ3n) is 4.40. The maximum atomic E-state index is 12.1. The average Bonchev–Trinajstić information content (AvgIpc) is 3.26. The van der Waals surface area contributed by atoms with Crippen LogP contribution in [0, 0.1) is 0 Å². The molecule has 3 rings (SSSR count). The van der Waals surface area contributed by atoms with Crippen LogP contribution in [0.4, 0.5) is 0 Å². The first-order valence-electron chi connectivity index (χ1n) is 8.72. The van der Waals surface area contributed by atoms with E-state index in [9.17, 15) is 9.90 Å². The molecule has 2 heterocycles. The van der Waals surface area contributed by atoms with Gasteiger partial charge in [0, 0.05) is 19.6 Å². The molecule has 0 bridgehead atoms. The van der Waals surface area contributed by atoms with Gasteiger partial charge >= 0.3 is 0 Å². The number of ether oxygens (including phenoxy) is 3. The van der Waals surface area contributed by atoms with E-state index < -0.39 is 6.10 Å². The van der Waals surface area contributed by atoms with Gasteiger partial charge in [0.1, 0.15) is 0 Å². The number of carbonyl (C=O) groups excluding carboxylic acids is 1. The van der Waals surface area contributed by atoms with Crippen molar-refractivity contribution >= 4 is 5.91 Å². The van der Waals surface area contributed by atoms with E-state index in [0.29, 0.717) is 19.7 Å². The zero-order valence-corrected chi connectivity index (χ0v) is 14.6. The number of hydrogen-bond donors (Lipinski definition) is 1. The summed E-state index contributed by atoms with van der Waals surface area (Å²) in [6.07, 6.45) is 1.54. The predicted molar refractivity (Wildman–Crippen MR) is 91.5 cm³/mol. The lowest BCUT2D eigenvalue weighted by Crippen LogP contribution is -2.40. The van der Waals surface area contributed by atoms with Gasteiger partial charge in [0.15, 0.2) is 11.5 Å². The lowest BCUT2D eigenvalue weighted by atomic mass is 10.2. The van der Waals surface area contributed by atoms with Gasteiger partial charge < -0.3 is 24.2 Å². The topological polar surface area (TPSA) is 71.5 Å². The fourth-order valence-corrected chi connectivity index (χ4v) is 3.12. The number of nitrogens with zero attached hydrogens (tertiary/aromatic N) is 2. The fourth-order valence-electron chi connectivity index (χ4n) is 3.12. The first kappa shape index (κ1) is 18.0. The van der Waals surface area contributed by atoms with E-state index in [1.165, 1.54) is 0 Å². The Labute approximate surface area is 148 Å². The molecule has 1 N–H and O–H groups in total. The van der Waals surface area contributed by atoms with Gasteiger partial charge in [0.25, 0.3) is 0 Å². The van der Waals surface area contributed by atoms with E-state index in [2.05, 4.69) is 0 Å². The molecule has 1 aromatic carbocycles. The average molecular weight is 350 g/mol. The Bertz CT molecular complexity index is 589. The maximum Gasteiger partial charge on any atom is 0.236 e. The summed E-state index contributed by atoms with van der Waals surface area (Å²) in [5, 5.41) is 10.1. The van der Waals surface area contributed by atoms with Crippen LogP contribution in [-0.4, -0.2) is 73.5 Å². The molecule has 0 unspecified atom stereocenters. The Morgan fingerprint density at radius 1 is 1.32 bits per heavy atom. The van der Waals surface area contributed by atoms with Crippen molar-refractivity contribution in [2.24, 2.45) is 0 Å². The van der Waals surface area contributed by atoms with Gasteiger partial charge in [-0.2, -0.15) is 0 Å². The smallest absolute Gasteiger partial charge is 0.236 e. The number of rotatable bonds is 8. The second kappa shape index (κ2) is 8.51. The van der Waals surface area contributed by atoms with Gasteiger partial charge in [-0.15, -0.1) is 0 Å². The molecule has 1 aromatic rings.